The van der Waals surface area contributed by atoms with Crippen molar-refractivity contribution in [1.82, 2.24) is 9.97 Å². The molecule has 1 heterocycles. The number of aromatic amines is 1. The molecule has 1 aromatic rings. The average Bonchev–Trinajstić information content (AvgIpc) is 1.86. The van der Waals surface area contributed by atoms with Crippen LogP contribution in [0, 0.1) is 44.7 Å². The van der Waals surface area contributed by atoms with Gasteiger partial charge >= 0.3 is 31.1 Å². The molecule has 0 aliphatic rings. The zero-order valence-corrected chi connectivity index (χ0v) is 8.77. The Morgan fingerprint density at radius 3 is 2.50 bits per heavy atom. The number of aromatic nitrogens is 2. The molecule has 0 aromatic carbocycles. The molecule has 0 aliphatic carbocycles. The van der Waals surface area contributed by atoms with Crippen molar-refractivity contribution in [2.24, 2.45) is 0 Å². The molecule has 0 bridgehead atoms. The fourth-order valence-electron chi connectivity index (χ4n) is 0.240. The largest absolute Gasteiger partial charge is 2.00 e. The van der Waals surface area contributed by atoms with Crippen LogP contribution in [0.1, 0.15) is 0 Å². The summed E-state index contributed by atoms with van der Waals surface area (Å²) in [5, 5.41) is 0. The maximum atomic E-state index is 5.08. The Bertz CT molecular complexity index is 115. The third-order valence-electron chi connectivity index (χ3n) is 0.470. The second kappa shape index (κ2) is 5.20. The van der Waals surface area contributed by atoms with Gasteiger partial charge in [0, 0.05) is 5.95 Å². The number of imidazole rings is 1. The van der Waals surface area contributed by atoms with Gasteiger partial charge in [-0.1, -0.05) is 6.20 Å². The minimum atomic E-state index is 0. The molecule has 0 atom stereocenters. The Morgan fingerprint density at radius 1 is 1.75 bits per heavy atom. The standard InChI is InChI=1S/C3H4N3.CH3.U/c4-3-5-1-2-6-3;;/h1H,(H3,4,5,6);1H3;/q2*-1;+2. The second-order valence-corrected chi connectivity index (χ2v) is 0.915. The summed E-state index contributed by atoms with van der Waals surface area (Å²) in [7, 11) is 0. The van der Waals surface area contributed by atoms with Gasteiger partial charge in [0.15, 0.2) is 0 Å². The summed E-state index contributed by atoms with van der Waals surface area (Å²) in [5.74, 6) is 0.412. The number of nitrogens with zero attached hydrogens (tertiary/aromatic N) is 1. The molecule has 42 valence electrons. The van der Waals surface area contributed by atoms with E-state index in [2.05, 4.69) is 16.2 Å². The van der Waals surface area contributed by atoms with Crippen LogP contribution < -0.4 is 5.73 Å². The first-order valence-corrected chi connectivity index (χ1v) is 1.56. The van der Waals surface area contributed by atoms with Crippen LogP contribution in [0.25, 0.3) is 0 Å². The number of hydrogen-bond acceptors (Lipinski definition) is 2. The van der Waals surface area contributed by atoms with E-state index in [-0.39, 0.29) is 38.5 Å². The van der Waals surface area contributed by atoms with Crippen molar-refractivity contribution >= 4 is 5.95 Å². The zero-order chi connectivity index (χ0) is 4.41. The minimum Gasteiger partial charge on any atom is -0.446 e. The van der Waals surface area contributed by atoms with Gasteiger partial charge in [-0.15, -0.1) is 6.20 Å². The molecule has 1 rings (SSSR count). The van der Waals surface area contributed by atoms with E-state index in [9.17, 15) is 0 Å². The number of anilines is 1. The minimum absolute atomic E-state index is 0. The monoisotopic (exact) mass is 335 g/mol. The van der Waals surface area contributed by atoms with E-state index in [1.54, 1.807) is 6.20 Å². The van der Waals surface area contributed by atoms with Crippen LogP contribution in [0.3, 0.4) is 0 Å². The maximum Gasteiger partial charge on any atom is 2.00 e. The Hall–Kier alpha value is 0.0619. The molecule has 3 N–H and O–H groups in total. The first-order valence-electron chi connectivity index (χ1n) is 1.56. The number of nitrogen functional groups attached to an aromatic ring is 1. The predicted octanol–water partition coefficient (Wildman–Crippen LogP) is 0.242. The van der Waals surface area contributed by atoms with Gasteiger partial charge in [0.1, 0.15) is 0 Å². The van der Waals surface area contributed by atoms with Gasteiger partial charge in [-0.25, -0.2) is 0 Å². The maximum absolute atomic E-state index is 5.08. The van der Waals surface area contributed by atoms with Gasteiger partial charge in [0.2, 0.25) is 0 Å². The summed E-state index contributed by atoms with van der Waals surface area (Å²) in [6.07, 6.45) is 4.05. The Kier molecular flexibility index (Phi) is 7.12. The summed E-state index contributed by atoms with van der Waals surface area (Å²) >= 11 is 0. The van der Waals surface area contributed by atoms with Gasteiger partial charge < -0.3 is 23.1 Å². The first-order chi connectivity index (χ1) is 2.89. The van der Waals surface area contributed by atoms with Crippen LogP contribution in [0.15, 0.2) is 6.20 Å². The molecule has 0 radical (unpaired) electrons. The Balaban J connectivity index is 0. The van der Waals surface area contributed by atoms with Crippen molar-refractivity contribution in [1.29, 1.82) is 0 Å². The molecule has 0 amide bonds. The third kappa shape index (κ3) is 3.11. The van der Waals surface area contributed by atoms with E-state index in [1.807, 2.05) is 0 Å². The first kappa shape index (κ1) is 10.9. The van der Waals surface area contributed by atoms with Crippen molar-refractivity contribution in [3.05, 3.63) is 19.8 Å². The molecule has 8 heavy (non-hydrogen) atoms. The van der Waals surface area contributed by atoms with Crippen molar-refractivity contribution in [2.75, 3.05) is 5.73 Å². The molecular formula is C4H7N3U. The van der Waals surface area contributed by atoms with Crippen LogP contribution >= 0.6 is 0 Å². The molecule has 1 aromatic heterocycles. The molecule has 0 unspecified atom stereocenters. The van der Waals surface area contributed by atoms with Crippen LogP contribution in [-0.4, -0.2) is 9.97 Å². The number of hydrogen-bond donors (Lipinski definition) is 2. The van der Waals surface area contributed by atoms with E-state index in [4.69, 9.17) is 5.73 Å². The summed E-state index contributed by atoms with van der Waals surface area (Å²) < 4.78 is 0. The molecule has 4 heteroatoms. The van der Waals surface area contributed by atoms with Crippen LogP contribution in [-0.2, 0) is 0 Å². The van der Waals surface area contributed by atoms with Crippen molar-refractivity contribution in [3.63, 3.8) is 0 Å². The predicted molar refractivity (Wildman–Crippen MR) is 28.3 cm³/mol. The molecule has 0 fully saturated rings. The van der Waals surface area contributed by atoms with Crippen molar-refractivity contribution in [3.8, 4) is 0 Å². The number of nitrogens with two attached hydrogens (primary N) is 1. The van der Waals surface area contributed by atoms with E-state index in [0.717, 1.165) is 0 Å². The smallest absolute Gasteiger partial charge is 0.446 e. The Labute approximate surface area is 72.5 Å². The number of nitrogens with one attached hydrogen (secondary N) is 1. The normalized spacial score (nSPS) is 6.50. The summed E-state index contributed by atoms with van der Waals surface area (Å²) in [6, 6.07) is 0. The zero-order valence-electron chi connectivity index (χ0n) is 4.60. The van der Waals surface area contributed by atoms with Gasteiger partial charge in [-0.2, -0.15) is 0 Å². The van der Waals surface area contributed by atoms with Crippen LogP contribution in [0.5, 0.6) is 0 Å². The molecule has 0 aliphatic heterocycles. The van der Waals surface area contributed by atoms with Gasteiger partial charge in [-0.05, 0) is 0 Å². The van der Waals surface area contributed by atoms with E-state index in [1.165, 1.54) is 0 Å². The summed E-state index contributed by atoms with van der Waals surface area (Å²) in [4.78, 5) is 6.12. The van der Waals surface area contributed by atoms with Gasteiger partial charge in [0.05, 0.1) is 0 Å². The molecule has 0 spiro atoms. The summed E-state index contributed by atoms with van der Waals surface area (Å²) in [5.41, 5.74) is 5.08. The SMILES string of the molecule is Nc1n[c-]c[nH]1.[CH3-].[U+2]. The van der Waals surface area contributed by atoms with E-state index >= 15 is 0 Å². The summed E-state index contributed by atoms with van der Waals surface area (Å²) in [6.45, 7) is 0. The molecule has 0 saturated carbocycles. The van der Waals surface area contributed by atoms with E-state index < -0.39 is 0 Å². The Morgan fingerprint density at radius 2 is 2.38 bits per heavy atom. The van der Waals surface area contributed by atoms with Gasteiger partial charge in [-0.3, -0.25) is 0 Å². The van der Waals surface area contributed by atoms with E-state index in [0.29, 0.717) is 5.95 Å². The quantitative estimate of drug-likeness (QED) is 0.668. The van der Waals surface area contributed by atoms with Gasteiger partial charge in [0.25, 0.3) is 0 Å². The average molecular weight is 335 g/mol. The van der Waals surface area contributed by atoms with Crippen molar-refractivity contribution < 1.29 is 31.1 Å². The fourth-order valence-corrected chi connectivity index (χ4v) is 0.240. The topological polar surface area (TPSA) is 54.7 Å². The molecule has 0 saturated heterocycles. The fraction of sp³-hybridized carbons (Fsp3) is 0. The number of H-pyrrole nitrogens is 1. The molecular weight excluding hydrogens is 328 g/mol. The third-order valence-corrected chi connectivity index (χ3v) is 0.470. The molecule has 3 nitrogen and oxygen atoms in total. The number of rotatable bonds is 0. The second-order valence-electron chi connectivity index (χ2n) is 0.915. The van der Waals surface area contributed by atoms with Crippen LogP contribution in [0.2, 0.25) is 0 Å². The van der Waals surface area contributed by atoms with Crippen LogP contribution in [0.4, 0.5) is 5.95 Å². The van der Waals surface area contributed by atoms with Crippen molar-refractivity contribution in [2.45, 2.75) is 0 Å².